The molecule has 0 aliphatic carbocycles. The molecule has 1 unspecified atom stereocenters. The molecular formula is C13H20N4O2. The van der Waals surface area contributed by atoms with E-state index in [0.717, 1.165) is 12.0 Å². The molecule has 1 aliphatic heterocycles. The van der Waals surface area contributed by atoms with Gasteiger partial charge in [0.15, 0.2) is 0 Å². The minimum Gasteiger partial charge on any atom is -0.350 e. The van der Waals surface area contributed by atoms with Crippen molar-refractivity contribution in [2.45, 2.75) is 33.2 Å². The second-order valence-corrected chi connectivity index (χ2v) is 5.92. The number of nitrogens with two attached hydrogens (primary N) is 1. The number of nitro groups is 1. The van der Waals surface area contributed by atoms with Crippen LogP contribution in [0, 0.1) is 22.5 Å². The normalized spacial score (nSPS) is 22.3. The van der Waals surface area contributed by atoms with E-state index in [0.29, 0.717) is 18.9 Å². The minimum absolute atomic E-state index is 0.0707. The van der Waals surface area contributed by atoms with Crippen LogP contribution < -0.4 is 10.6 Å². The van der Waals surface area contributed by atoms with Crippen LogP contribution in [0.15, 0.2) is 12.3 Å². The second kappa shape index (κ2) is 4.77. The molecular weight excluding hydrogens is 244 g/mol. The van der Waals surface area contributed by atoms with Crippen molar-refractivity contribution < 1.29 is 4.92 Å². The van der Waals surface area contributed by atoms with Gasteiger partial charge in [-0.2, -0.15) is 0 Å². The van der Waals surface area contributed by atoms with Crippen molar-refractivity contribution in [3.63, 3.8) is 0 Å². The molecule has 0 amide bonds. The van der Waals surface area contributed by atoms with Gasteiger partial charge in [0.1, 0.15) is 0 Å². The molecule has 104 valence electrons. The molecule has 1 fully saturated rings. The van der Waals surface area contributed by atoms with Gasteiger partial charge in [-0.25, -0.2) is 4.98 Å². The highest BCUT2D eigenvalue weighted by atomic mass is 16.6. The van der Waals surface area contributed by atoms with Crippen LogP contribution in [-0.2, 0) is 0 Å². The lowest BCUT2D eigenvalue weighted by molar-refractivity contribution is -0.384. The highest BCUT2D eigenvalue weighted by Crippen LogP contribution is 2.34. The van der Waals surface area contributed by atoms with E-state index < -0.39 is 0 Å². The van der Waals surface area contributed by atoms with Gasteiger partial charge >= 0.3 is 5.69 Å². The van der Waals surface area contributed by atoms with Gasteiger partial charge < -0.3 is 10.6 Å². The predicted molar refractivity (Wildman–Crippen MR) is 74.2 cm³/mol. The predicted octanol–water partition coefficient (Wildman–Crippen LogP) is 1.86. The van der Waals surface area contributed by atoms with Crippen molar-refractivity contribution >= 4 is 11.5 Å². The Morgan fingerprint density at radius 2 is 2.26 bits per heavy atom. The van der Waals surface area contributed by atoms with Crippen molar-refractivity contribution in [2.24, 2.45) is 11.1 Å². The molecule has 1 aliphatic rings. The second-order valence-electron chi connectivity index (χ2n) is 5.92. The number of anilines is 1. The summed E-state index contributed by atoms with van der Waals surface area (Å²) in [6.07, 6.45) is 2.49. The summed E-state index contributed by atoms with van der Waals surface area (Å²) in [7, 11) is 0. The van der Waals surface area contributed by atoms with Crippen molar-refractivity contribution in [3.8, 4) is 0 Å². The number of rotatable bonds is 2. The number of piperidine rings is 1. The van der Waals surface area contributed by atoms with Crippen LogP contribution in [0.4, 0.5) is 11.5 Å². The van der Waals surface area contributed by atoms with E-state index in [1.807, 2.05) is 4.90 Å². The number of aryl methyl sites for hydroxylation is 1. The van der Waals surface area contributed by atoms with Crippen molar-refractivity contribution in [1.29, 1.82) is 0 Å². The first-order valence-electron chi connectivity index (χ1n) is 6.43. The van der Waals surface area contributed by atoms with Gasteiger partial charge in [0.2, 0.25) is 5.82 Å². The van der Waals surface area contributed by atoms with Crippen LogP contribution in [0.5, 0.6) is 0 Å². The largest absolute Gasteiger partial charge is 0.350 e. The van der Waals surface area contributed by atoms with E-state index in [1.165, 1.54) is 0 Å². The summed E-state index contributed by atoms with van der Waals surface area (Å²) in [4.78, 5) is 17.0. The van der Waals surface area contributed by atoms with Crippen LogP contribution in [0.1, 0.15) is 25.8 Å². The zero-order valence-electron chi connectivity index (χ0n) is 11.6. The molecule has 2 N–H and O–H groups in total. The Kier molecular flexibility index (Phi) is 3.45. The molecule has 0 aromatic carbocycles. The van der Waals surface area contributed by atoms with Gasteiger partial charge in [-0.3, -0.25) is 10.1 Å². The number of pyridine rings is 1. The number of hydrogen-bond acceptors (Lipinski definition) is 5. The van der Waals surface area contributed by atoms with Crippen LogP contribution in [0.3, 0.4) is 0 Å². The van der Waals surface area contributed by atoms with Gasteiger partial charge in [-0.1, -0.05) is 13.8 Å². The van der Waals surface area contributed by atoms with Crippen LogP contribution >= 0.6 is 0 Å². The maximum atomic E-state index is 11.2. The van der Waals surface area contributed by atoms with Crippen molar-refractivity contribution in [2.75, 3.05) is 18.0 Å². The van der Waals surface area contributed by atoms with Crippen molar-refractivity contribution in [1.82, 2.24) is 4.98 Å². The zero-order valence-corrected chi connectivity index (χ0v) is 11.6. The first-order chi connectivity index (χ1) is 8.81. The third kappa shape index (κ3) is 2.68. The number of nitrogens with zero attached hydrogens (tertiary/aromatic N) is 3. The molecule has 1 atom stereocenters. The van der Waals surface area contributed by atoms with E-state index in [9.17, 15) is 10.1 Å². The average Bonchev–Trinajstić information content (AvgIpc) is 2.32. The van der Waals surface area contributed by atoms with E-state index in [-0.39, 0.29) is 22.1 Å². The molecule has 0 bridgehead atoms. The summed E-state index contributed by atoms with van der Waals surface area (Å²) in [5.41, 5.74) is 6.89. The molecule has 0 saturated carbocycles. The van der Waals surface area contributed by atoms with E-state index in [1.54, 1.807) is 19.2 Å². The van der Waals surface area contributed by atoms with Crippen LogP contribution in [0.25, 0.3) is 0 Å². The van der Waals surface area contributed by atoms with E-state index in [4.69, 9.17) is 5.73 Å². The van der Waals surface area contributed by atoms with Crippen molar-refractivity contribution in [3.05, 3.63) is 27.9 Å². The summed E-state index contributed by atoms with van der Waals surface area (Å²) < 4.78 is 0. The van der Waals surface area contributed by atoms with Gasteiger partial charge in [0.05, 0.1) is 4.92 Å². The van der Waals surface area contributed by atoms with Gasteiger partial charge in [0.25, 0.3) is 0 Å². The molecule has 6 nitrogen and oxygen atoms in total. The summed E-state index contributed by atoms with van der Waals surface area (Å²) in [5, 5.41) is 11.2. The lowest BCUT2D eigenvalue weighted by Gasteiger charge is -2.42. The third-order valence-electron chi connectivity index (χ3n) is 3.79. The lowest BCUT2D eigenvalue weighted by atomic mass is 9.79. The Bertz CT molecular complexity index is 501. The smallest absolute Gasteiger partial charge is 0.311 e. The minimum atomic E-state index is -0.364. The SMILES string of the molecule is Cc1cnc(N2CCC(N)C(C)(C)C2)c([N+](=O)[O-])c1. The number of aromatic nitrogens is 1. The highest BCUT2D eigenvalue weighted by molar-refractivity contribution is 5.59. The standard InChI is InChI=1S/C13H20N4O2/c1-9-6-10(17(18)19)12(15-7-9)16-5-4-11(14)13(2,3)8-16/h6-7,11H,4-5,8,14H2,1-3H3. The Labute approximate surface area is 112 Å². The summed E-state index contributed by atoms with van der Waals surface area (Å²) >= 11 is 0. The van der Waals surface area contributed by atoms with E-state index in [2.05, 4.69) is 18.8 Å². The Morgan fingerprint density at radius 1 is 1.58 bits per heavy atom. The van der Waals surface area contributed by atoms with Crippen LogP contribution in [0.2, 0.25) is 0 Å². The van der Waals surface area contributed by atoms with Gasteiger partial charge in [-0.05, 0) is 24.3 Å². The molecule has 0 radical (unpaired) electrons. The maximum Gasteiger partial charge on any atom is 0.311 e. The Morgan fingerprint density at radius 3 is 2.84 bits per heavy atom. The maximum absolute atomic E-state index is 11.2. The molecule has 0 spiro atoms. The fourth-order valence-corrected chi connectivity index (χ4v) is 2.48. The molecule has 1 aromatic rings. The Hall–Kier alpha value is -1.69. The fraction of sp³-hybridized carbons (Fsp3) is 0.615. The van der Waals surface area contributed by atoms with Crippen LogP contribution in [-0.4, -0.2) is 29.0 Å². The molecule has 1 saturated heterocycles. The van der Waals surface area contributed by atoms with Gasteiger partial charge in [-0.15, -0.1) is 0 Å². The molecule has 1 aromatic heterocycles. The average molecular weight is 264 g/mol. The molecule has 6 heteroatoms. The molecule has 19 heavy (non-hydrogen) atoms. The molecule has 2 rings (SSSR count). The van der Waals surface area contributed by atoms with Gasteiger partial charge in [0, 0.05) is 31.4 Å². The highest BCUT2D eigenvalue weighted by Gasteiger charge is 2.36. The monoisotopic (exact) mass is 264 g/mol. The molecule has 2 heterocycles. The quantitative estimate of drug-likeness (QED) is 0.651. The summed E-state index contributed by atoms with van der Waals surface area (Å²) in [6, 6.07) is 1.69. The van der Waals surface area contributed by atoms with E-state index >= 15 is 0 Å². The summed E-state index contributed by atoms with van der Waals surface area (Å²) in [5.74, 6) is 0.454. The lowest BCUT2D eigenvalue weighted by Crippen LogP contribution is -2.52. The Balaban J connectivity index is 2.35. The fourth-order valence-electron chi connectivity index (χ4n) is 2.48. The first-order valence-corrected chi connectivity index (χ1v) is 6.43. The number of hydrogen-bond donors (Lipinski definition) is 1. The first kappa shape index (κ1) is 13.7. The third-order valence-corrected chi connectivity index (χ3v) is 3.79. The zero-order chi connectivity index (χ0) is 14.2. The summed E-state index contributed by atoms with van der Waals surface area (Å²) in [6.45, 7) is 7.38. The topological polar surface area (TPSA) is 85.3 Å².